The monoisotopic (exact) mass is 380 g/mol. The SMILES string of the molecule is CC.CCOCc1cc(CC)c(Br)c(OCC2=CCCC=C2)c1. The smallest absolute Gasteiger partial charge is 0.134 e. The number of hydrogen-bond donors (Lipinski definition) is 0. The van der Waals surface area contributed by atoms with Crippen molar-refractivity contribution >= 4 is 15.9 Å². The van der Waals surface area contributed by atoms with Gasteiger partial charge >= 0.3 is 0 Å². The highest BCUT2D eigenvalue weighted by Crippen LogP contribution is 2.32. The molecule has 0 spiro atoms. The Bertz CT molecular complexity index is 533. The molecule has 0 radical (unpaired) electrons. The highest BCUT2D eigenvalue weighted by Gasteiger charge is 2.10. The minimum absolute atomic E-state index is 0.621. The Morgan fingerprint density at radius 2 is 1.87 bits per heavy atom. The third kappa shape index (κ3) is 6.52. The second kappa shape index (κ2) is 11.5. The van der Waals surface area contributed by atoms with Gasteiger partial charge in [-0.3, -0.25) is 0 Å². The van der Waals surface area contributed by atoms with Crippen molar-refractivity contribution < 1.29 is 9.47 Å². The summed E-state index contributed by atoms with van der Waals surface area (Å²) in [6, 6.07) is 4.26. The lowest BCUT2D eigenvalue weighted by Gasteiger charge is -2.15. The number of halogens is 1. The van der Waals surface area contributed by atoms with E-state index in [2.05, 4.69) is 53.2 Å². The Kier molecular flexibility index (Phi) is 9.97. The fourth-order valence-corrected chi connectivity index (χ4v) is 2.94. The van der Waals surface area contributed by atoms with Gasteiger partial charge in [0.2, 0.25) is 0 Å². The van der Waals surface area contributed by atoms with Gasteiger partial charge < -0.3 is 9.47 Å². The number of benzene rings is 1. The lowest BCUT2D eigenvalue weighted by atomic mass is 10.1. The minimum atomic E-state index is 0.621. The Balaban J connectivity index is 0.00000127. The maximum absolute atomic E-state index is 6.02. The zero-order valence-corrected chi connectivity index (χ0v) is 16.4. The Labute approximate surface area is 149 Å². The summed E-state index contributed by atoms with van der Waals surface area (Å²) in [5, 5.41) is 0. The molecule has 0 saturated carbocycles. The van der Waals surface area contributed by atoms with E-state index in [-0.39, 0.29) is 0 Å². The van der Waals surface area contributed by atoms with Crippen LogP contribution in [0.4, 0.5) is 0 Å². The van der Waals surface area contributed by atoms with E-state index in [4.69, 9.17) is 9.47 Å². The highest BCUT2D eigenvalue weighted by molar-refractivity contribution is 9.10. The van der Waals surface area contributed by atoms with Crippen LogP contribution in [0.3, 0.4) is 0 Å². The van der Waals surface area contributed by atoms with E-state index in [1.54, 1.807) is 0 Å². The molecular formula is C20H29BrO2. The molecule has 23 heavy (non-hydrogen) atoms. The lowest BCUT2D eigenvalue weighted by molar-refractivity contribution is 0.134. The van der Waals surface area contributed by atoms with Gasteiger partial charge in [0.15, 0.2) is 0 Å². The van der Waals surface area contributed by atoms with Crippen LogP contribution < -0.4 is 4.74 Å². The average molecular weight is 381 g/mol. The molecule has 0 aliphatic heterocycles. The molecule has 0 aromatic heterocycles. The molecule has 0 amide bonds. The first-order valence-corrected chi connectivity index (χ1v) is 9.41. The second-order valence-corrected chi connectivity index (χ2v) is 5.90. The van der Waals surface area contributed by atoms with E-state index < -0.39 is 0 Å². The molecule has 0 N–H and O–H groups in total. The summed E-state index contributed by atoms with van der Waals surface area (Å²) < 4.78 is 12.6. The summed E-state index contributed by atoms with van der Waals surface area (Å²) in [4.78, 5) is 0. The maximum Gasteiger partial charge on any atom is 0.134 e. The average Bonchev–Trinajstić information content (AvgIpc) is 2.62. The van der Waals surface area contributed by atoms with Gasteiger partial charge in [-0.05, 0) is 64.9 Å². The molecule has 3 heteroatoms. The van der Waals surface area contributed by atoms with E-state index in [0.717, 1.165) is 36.1 Å². The van der Waals surface area contributed by atoms with Gasteiger partial charge in [0.05, 0.1) is 11.1 Å². The predicted octanol–water partition coefficient (Wildman–Crippen LogP) is 6.23. The fourth-order valence-electron chi connectivity index (χ4n) is 2.32. The molecule has 0 bridgehead atoms. The summed E-state index contributed by atoms with van der Waals surface area (Å²) in [5.41, 5.74) is 3.68. The second-order valence-electron chi connectivity index (χ2n) is 5.11. The molecule has 1 aliphatic carbocycles. The van der Waals surface area contributed by atoms with E-state index in [0.29, 0.717) is 13.2 Å². The number of allylic oxidation sites excluding steroid dienone is 2. The molecule has 1 aliphatic rings. The Morgan fingerprint density at radius 3 is 2.48 bits per heavy atom. The van der Waals surface area contributed by atoms with Gasteiger partial charge in [0.25, 0.3) is 0 Å². The molecule has 128 valence electrons. The number of ether oxygens (including phenoxy) is 2. The maximum atomic E-state index is 6.02. The van der Waals surface area contributed by atoms with E-state index in [1.807, 2.05) is 20.8 Å². The van der Waals surface area contributed by atoms with Crippen molar-refractivity contribution in [3.8, 4) is 5.75 Å². The normalized spacial score (nSPS) is 13.2. The molecule has 0 heterocycles. The molecule has 1 aromatic carbocycles. The predicted molar refractivity (Wildman–Crippen MR) is 102 cm³/mol. The first kappa shape index (κ1) is 20.0. The van der Waals surface area contributed by atoms with Gasteiger partial charge in [-0.2, -0.15) is 0 Å². The third-order valence-electron chi connectivity index (χ3n) is 3.49. The first-order chi connectivity index (χ1) is 11.2. The number of hydrogen-bond acceptors (Lipinski definition) is 2. The van der Waals surface area contributed by atoms with E-state index in [1.165, 1.54) is 16.7 Å². The fraction of sp³-hybridized carbons (Fsp3) is 0.500. The summed E-state index contributed by atoms with van der Waals surface area (Å²) in [6.07, 6.45) is 9.83. The van der Waals surface area contributed by atoms with Crippen LogP contribution >= 0.6 is 15.9 Å². The third-order valence-corrected chi connectivity index (χ3v) is 4.39. The Hall–Kier alpha value is -1.06. The Morgan fingerprint density at radius 1 is 1.09 bits per heavy atom. The molecule has 1 aromatic rings. The van der Waals surface area contributed by atoms with Crippen molar-refractivity contribution in [1.29, 1.82) is 0 Å². The van der Waals surface area contributed by atoms with Crippen LogP contribution in [0, 0.1) is 0 Å². The van der Waals surface area contributed by atoms with Gasteiger partial charge in [0.1, 0.15) is 12.4 Å². The lowest BCUT2D eigenvalue weighted by Crippen LogP contribution is -2.04. The van der Waals surface area contributed by atoms with Crippen LogP contribution in [-0.4, -0.2) is 13.2 Å². The van der Waals surface area contributed by atoms with Crippen molar-refractivity contribution in [2.24, 2.45) is 0 Å². The molecular weight excluding hydrogens is 352 g/mol. The van der Waals surface area contributed by atoms with Crippen LogP contribution in [0.15, 0.2) is 40.4 Å². The van der Waals surface area contributed by atoms with Crippen molar-refractivity contribution in [3.63, 3.8) is 0 Å². The summed E-state index contributed by atoms with van der Waals surface area (Å²) >= 11 is 3.67. The number of aryl methyl sites for hydroxylation is 1. The summed E-state index contributed by atoms with van der Waals surface area (Å²) in [7, 11) is 0. The van der Waals surface area contributed by atoms with Crippen LogP contribution in [0.2, 0.25) is 0 Å². The molecule has 0 unspecified atom stereocenters. The van der Waals surface area contributed by atoms with E-state index in [9.17, 15) is 0 Å². The van der Waals surface area contributed by atoms with Crippen molar-refractivity contribution in [2.75, 3.05) is 13.2 Å². The molecule has 0 atom stereocenters. The first-order valence-electron chi connectivity index (χ1n) is 8.62. The molecule has 0 saturated heterocycles. The van der Waals surface area contributed by atoms with Gasteiger partial charge in [-0.25, -0.2) is 0 Å². The molecule has 0 fully saturated rings. The zero-order chi connectivity index (χ0) is 17.1. The summed E-state index contributed by atoms with van der Waals surface area (Å²) in [6.45, 7) is 10.1. The van der Waals surface area contributed by atoms with E-state index >= 15 is 0 Å². The zero-order valence-electron chi connectivity index (χ0n) is 14.8. The quantitative estimate of drug-likeness (QED) is 0.557. The number of rotatable bonds is 7. The molecule has 2 nitrogen and oxygen atoms in total. The van der Waals surface area contributed by atoms with Gasteiger partial charge in [0, 0.05) is 6.61 Å². The van der Waals surface area contributed by atoms with Crippen molar-refractivity contribution in [1.82, 2.24) is 0 Å². The van der Waals surface area contributed by atoms with Crippen LogP contribution in [0.1, 0.15) is 51.7 Å². The highest BCUT2D eigenvalue weighted by atomic mass is 79.9. The van der Waals surface area contributed by atoms with Crippen LogP contribution in [0.5, 0.6) is 5.75 Å². The standard InChI is InChI=1S/C18H23BrO2.C2H6/c1-3-16-10-15(12-20-4-2)11-17(18(16)19)21-13-14-8-6-5-7-9-14;1-2/h6,8-11H,3-5,7,12-13H2,1-2H3;1-2H3. The van der Waals surface area contributed by atoms with Crippen molar-refractivity contribution in [3.05, 3.63) is 51.5 Å². The largest absolute Gasteiger partial charge is 0.488 e. The topological polar surface area (TPSA) is 18.5 Å². The van der Waals surface area contributed by atoms with Crippen LogP contribution in [-0.2, 0) is 17.8 Å². The molecule has 2 rings (SSSR count). The van der Waals surface area contributed by atoms with Gasteiger partial charge in [-0.1, -0.05) is 45.1 Å². The van der Waals surface area contributed by atoms with Crippen molar-refractivity contribution in [2.45, 2.75) is 53.6 Å². The summed E-state index contributed by atoms with van der Waals surface area (Å²) in [5.74, 6) is 0.906. The minimum Gasteiger partial charge on any atom is -0.488 e. The van der Waals surface area contributed by atoms with Crippen LogP contribution in [0.25, 0.3) is 0 Å². The van der Waals surface area contributed by atoms with Gasteiger partial charge in [-0.15, -0.1) is 0 Å².